The normalized spacial score (nSPS) is 10.7. The van der Waals surface area contributed by atoms with Gasteiger partial charge in [-0.25, -0.2) is 0 Å². The van der Waals surface area contributed by atoms with Crippen LogP contribution >= 0.6 is 0 Å². The first kappa shape index (κ1) is 17.3. The SMILES string of the molecule is CC(C)c1cc(CCCF)cc(C(C)C)c1.F[SiH3]. The van der Waals surface area contributed by atoms with Crippen molar-refractivity contribution in [1.29, 1.82) is 0 Å². The van der Waals surface area contributed by atoms with Crippen LogP contribution in [0.25, 0.3) is 0 Å². The largest absolute Gasteiger partial charge is 0.327 e. The molecule has 0 aromatic heterocycles. The summed E-state index contributed by atoms with van der Waals surface area (Å²) in [4.78, 5) is 0. The fraction of sp³-hybridized carbons (Fsp3) is 0.600. The molecule has 0 aliphatic heterocycles. The molecular formula is C15H26F2Si. The van der Waals surface area contributed by atoms with E-state index in [-0.39, 0.29) is 17.3 Å². The predicted molar refractivity (Wildman–Crippen MR) is 80.0 cm³/mol. The minimum atomic E-state index is -0.219. The van der Waals surface area contributed by atoms with Crippen LogP contribution in [0, 0.1) is 0 Å². The molecule has 0 radical (unpaired) electrons. The molecule has 1 rings (SSSR count). The fourth-order valence-electron chi connectivity index (χ4n) is 1.83. The summed E-state index contributed by atoms with van der Waals surface area (Å²) in [5.41, 5.74) is 4.03. The van der Waals surface area contributed by atoms with Crippen LogP contribution < -0.4 is 0 Å². The number of halogens is 2. The Kier molecular flexibility index (Phi) is 8.90. The molecule has 0 fully saturated rings. The van der Waals surface area contributed by atoms with Gasteiger partial charge in [0, 0.05) is 0 Å². The summed E-state index contributed by atoms with van der Waals surface area (Å²) in [6.45, 7) is 8.61. The van der Waals surface area contributed by atoms with Gasteiger partial charge in [0.05, 0.1) is 6.67 Å². The molecule has 0 aliphatic rings. The van der Waals surface area contributed by atoms with Crippen molar-refractivity contribution in [3.8, 4) is 0 Å². The van der Waals surface area contributed by atoms with Crippen LogP contribution in [0.4, 0.5) is 8.50 Å². The number of alkyl halides is 1. The van der Waals surface area contributed by atoms with Gasteiger partial charge in [-0.2, -0.15) is 0 Å². The van der Waals surface area contributed by atoms with Crippen molar-refractivity contribution >= 4 is 10.6 Å². The van der Waals surface area contributed by atoms with Crippen LogP contribution in [0.2, 0.25) is 0 Å². The molecule has 3 heteroatoms. The van der Waals surface area contributed by atoms with Gasteiger partial charge in [-0.1, -0.05) is 45.9 Å². The van der Waals surface area contributed by atoms with Gasteiger partial charge in [0.1, 0.15) is 0 Å². The zero-order chi connectivity index (χ0) is 14.1. The van der Waals surface area contributed by atoms with Gasteiger partial charge in [0.2, 0.25) is 10.6 Å². The van der Waals surface area contributed by atoms with Crippen molar-refractivity contribution in [2.24, 2.45) is 0 Å². The molecule has 1 aromatic rings. The Labute approximate surface area is 113 Å². The molecule has 0 saturated heterocycles. The monoisotopic (exact) mass is 272 g/mol. The topological polar surface area (TPSA) is 0 Å². The Balaban J connectivity index is 0.00000137. The second-order valence-electron chi connectivity index (χ2n) is 5.11. The van der Waals surface area contributed by atoms with Crippen LogP contribution in [-0.4, -0.2) is 17.3 Å². The highest BCUT2D eigenvalue weighted by atomic mass is 28.2. The smallest absolute Gasteiger partial charge is 0.201 e. The lowest BCUT2D eigenvalue weighted by molar-refractivity contribution is 0.473. The average molecular weight is 272 g/mol. The molecule has 104 valence electrons. The Hall–Kier alpha value is -0.703. The van der Waals surface area contributed by atoms with E-state index < -0.39 is 0 Å². The summed E-state index contributed by atoms with van der Waals surface area (Å²) < 4.78 is 21.8. The van der Waals surface area contributed by atoms with Crippen molar-refractivity contribution in [3.05, 3.63) is 34.9 Å². The van der Waals surface area contributed by atoms with E-state index in [1.54, 1.807) is 0 Å². The van der Waals surface area contributed by atoms with E-state index in [0.717, 1.165) is 6.42 Å². The van der Waals surface area contributed by atoms with E-state index in [2.05, 4.69) is 45.9 Å². The maximum atomic E-state index is 12.2. The zero-order valence-electron chi connectivity index (χ0n) is 12.3. The lowest BCUT2D eigenvalue weighted by Gasteiger charge is -2.14. The first-order valence-corrected chi connectivity index (χ1v) is 7.37. The van der Waals surface area contributed by atoms with Crippen LogP contribution in [0.15, 0.2) is 18.2 Å². The third-order valence-corrected chi connectivity index (χ3v) is 2.97. The highest BCUT2D eigenvalue weighted by Gasteiger charge is 2.07. The molecule has 0 aliphatic carbocycles. The molecule has 0 bridgehead atoms. The summed E-state index contributed by atoms with van der Waals surface area (Å²) in [6, 6.07) is 6.74. The number of hydrogen-bond acceptors (Lipinski definition) is 0. The summed E-state index contributed by atoms with van der Waals surface area (Å²) in [5, 5.41) is 0. The Bertz CT molecular complexity index is 309. The number of hydrogen-bond donors (Lipinski definition) is 0. The van der Waals surface area contributed by atoms with Gasteiger partial charge in [-0.15, -0.1) is 0 Å². The van der Waals surface area contributed by atoms with Crippen LogP contribution in [0.3, 0.4) is 0 Å². The predicted octanol–water partition coefficient (Wildman–Crippen LogP) is 4.07. The summed E-state index contributed by atoms with van der Waals surface area (Å²) in [7, 11) is -0.194. The number of rotatable bonds is 5. The maximum absolute atomic E-state index is 12.2. The third kappa shape index (κ3) is 5.76. The van der Waals surface area contributed by atoms with Crippen LogP contribution in [0.1, 0.15) is 62.6 Å². The van der Waals surface area contributed by atoms with E-state index >= 15 is 0 Å². The number of benzene rings is 1. The Morgan fingerprint density at radius 3 is 1.72 bits per heavy atom. The first-order chi connectivity index (χ1) is 8.54. The van der Waals surface area contributed by atoms with Gasteiger partial charge < -0.3 is 4.11 Å². The zero-order valence-corrected chi connectivity index (χ0v) is 14.3. The van der Waals surface area contributed by atoms with Crippen molar-refractivity contribution in [3.63, 3.8) is 0 Å². The van der Waals surface area contributed by atoms with E-state index in [1.165, 1.54) is 16.7 Å². The third-order valence-electron chi connectivity index (χ3n) is 2.97. The summed E-state index contributed by atoms with van der Waals surface area (Å²) in [5.74, 6) is 1.09. The molecule has 1 aromatic carbocycles. The van der Waals surface area contributed by atoms with Gasteiger partial charge in [-0.05, 0) is 41.4 Å². The molecule has 0 spiro atoms. The van der Waals surface area contributed by atoms with Gasteiger partial charge >= 0.3 is 0 Å². The molecule has 0 amide bonds. The standard InChI is InChI=1S/C15H23F.FH3Si/c1-11(2)14-8-13(6-5-7-16)9-15(10-14)12(3)4;1-2/h8-12H,5-7H2,1-4H3;2H3. The van der Waals surface area contributed by atoms with E-state index in [4.69, 9.17) is 0 Å². The molecule has 0 nitrogen and oxygen atoms in total. The van der Waals surface area contributed by atoms with Crippen molar-refractivity contribution in [1.82, 2.24) is 0 Å². The van der Waals surface area contributed by atoms with Gasteiger partial charge in [0.25, 0.3) is 0 Å². The summed E-state index contributed by atoms with van der Waals surface area (Å²) >= 11 is 0. The van der Waals surface area contributed by atoms with Crippen LogP contribution in [0.5, 0.6) is 0 Å². The molecule has 18 heavy (non-hydrogen) atoms. The van der Waals surface area contributed by atoms with Gasteiger partial charge in [0.15, 0.2) is 0 Å². The number of aryl methyl sites for hydroxylation is 1. The van der Waals surface area contributed by atoms with E-state index in [9.17, 15) is 8.50 Å². The highest BCUT2D eigenvalue weighted by molar-refractivity contribution is 5.96. The van der Waals surface area contributed by atoms with E-state index in [1.807, 2.05) is 0 Å². The first-order valence-electron chi connectivity index (χ1n) is 6.62. The minimum absolute atomic E-state index is 0.194. The Morgan fingerprint density at radius 2 is 1.39 bits per heavy atom. The second-order valence-corrected chi connectivity index (χ2v) is 5.11. The van der Waals surface area contributed by atoms with Crippen molar-refractivity contribution in [2.75, 3.05) is 6.67 Å². The molecule has 0 saturated carbocycles. The second kappa shape index (κ2) is 9.26. The summed E-state index contributed by atoms with van der Waals surface area (Å²) in [6.07, 6.45) is 1.50. The van der Waals surface area contributed by atoms with Crippen LogP contribution in [-0.2, 0) is 6.42 Å². The maximum Gasteiger partial charge on any atom is 0.201 e. The highest BCUT2D eigenvalue weighted by Crippen LogP contribution is 2.24. The molecule has 0 N–H and O–H groups in total. The van der Waals surface area contributed by atoms with Crippen molar-refractivity contribution < 1.29 is 8.50 Å². The quantitative estimate of drug-likeness (QED) is 0.560. The minimum Gasteiger partial charge on any atom is -0.327 e. The molecule has 0 heterocycles. The molecule has 0 unspecified atom stereocenters. The fourth-order valence-corrected chi connectivity index (χ4v) is 1.83. The van der Waals surface area contributed by atoms with Gasteiger partial charge in [-0.3, -0.25) is 4.39 Å². The molecule has 0 atom stereocenters. The lowest BCUT2D eigenvalue weighted by atomic mass is 9.92. The molecular weight excluding hydrogens is 246 g/mol. The van der Waals surface area contributed by atoms with Crippen molar-refractivity contribution in [2.45, 2.75) is 52.4 Å². The average Bonchev–Trinajstić information content (AvgIpc) is 2.38. The Morgan fingerprint density at radius 1 is 0.944 bits per heavy atom. The van der Waals surface area contributed by atoms with E-state index in [0.29, 0.717) is 18.3 Å². The lowest BCUT2D eigenvalue weighted by Crippen LogP contribution is -1.97.